The van der Waals surface area contributed by atoms with Gasteiger partial charge in [-0.2, -0.15) is 0 Å². The van der Waals surface area contributed by atoms with Crippen LogP contribution in [-0.2, 0) is 4.79 Å². The smallest absolute Gasteiger partial charge is 0.303 e. The molecule has 2 heteroatoms. The molecular formula is C30H54O2. The van der Waals surface area contributed by atoms with Crippen molar-refractivity contribution in [3.05, 3.63) is 36.5 Å². The molecule has 0 bridgehead atoms. The van der Waals surface area contributed by atoms with E-state index in [1.54, 1.807) is 0 Å². The van der Waals surface area contributed by atoms with Crippen molar-refractivity contribution in [2.45, 2.75) is 148 Å². The summed E-state index contributed by atoms with van der Waals surface area (Å²) in [6.07, 6.45) is 41.0. The highest BCUT2D eigenvalue weighted by Crippen LogP contribution is 2.12. The maximum atomic E-state index is 10.4. The number of rotatable bonds is 25. The van der Waals surface area contributed by atoms with E-state index in [0.29, 0.717) is 6.42 Å². The summed E-state index contributed by atoms with van der Waals surface area (Å²) in [5.74, 6) is -0.660. The molecule has 0 aromatic carbocycles. The average molecular weight is 447 g/mol. The molecular weight excluding hydrogens is 392 g/mol. The normalized spacial score (nSPS) is 12.0. The Morgan fingerprint density at radius 1 is 0.500 bits per heavy atom. The molecule has 0 spiro atoms. The number of aliphatic carboxylic acids is 1. The lowest BCUT2D eigenvalue weighted by Crippen LogP contribution is -1.93. The lowest BCUT2D eigenvalue weighted by molar-refractivity contribution is -0.137. The summed E-state index contributed by atoms with van der Waals surface area (Å²) >= 11 is 0. The van der Waals surface area contributed by atoms with E-state index in [1.807, 2.05) is 0 Å². The quantitative estimate of drug-likeness (QED) is 0.112. The number of allylic oxidation sites excluding steroid dienone is 6. The van der Waals surface area contributed by atoms with E-state index < -0.39 is 5.97 Å². The molecule has 0 saturated heterocycles. The molecule has 0 aliphatic rings. The largest absolute Gasteiger partial charge is 0.481 e. The van der Waals surface area contributed by atoms with E-state index >= 15 is 0 Å². The molecule has 0 amide bonds. The Bertz CT molecular complexity index is 461. The summed E-state index contributed by atoms with van der Waals surface area (Å²) < 4.78 is 0. The molecule has 0 fully saturated rings. The maximum Gasteiger partial charge on any atom is 0.303 e. The van der Waals surface area contributed by atoms with Crippen LogP contribution in [0.5, 0.6) is 0 Å². The molecule has 0 aromatic heterocycles. The summed E-state index contributed by atoms with van der Waals surface area (Å²) in [6, 6.07) is 0. The zero-order valence-corrected chi connectivity index (χ0v) is 21.4. The summed E-state index contributed by atoms with van der Waals surface area (Å²) in [4.78, 5) is 10.4. The van der Waals surface area contributed by atoms with E-state index in [4.69, 9.17) is 5.11 Å². The van der Waals surface area contributed by atoms with Gasteiger partial charge in [-0.3, -0.25) is 4.79 Å². The van der Waals surface area contributed by atoms with Crippen LogP contribution in [0.4, 0.5) is 0 Å². The predicted molar refractivity (Wildman–Crippen MR) is 142 cm³/mol. The second-order valence-electron chi connectivity index (χ2n) is 9.26. The van der Waals surface area contributed by atoms with Crippen molar-refractivity contribution in [3.63, 3.8) is 0 Å². The van der Waals surface area contributed by atoms with Crippen LogP contribution in [0.15, 0.2) is 36.5 Å². The van der Waals surface area contributed by atoms with Crippen LogP contribution in [0, 0.1) is 0 Å². The number of carboxylic acid groups (broad SMARTS) is 1. The van der Waals surface area contributed by atoms with Crippen LogP contribution in [0.3, 0.4) is 0 Å². The van der Waals surface area contributed by atoms with Crippen molar-refractivity contribution in [2.75, 3.05) is 0 Å². The molecule has 32 heavy (non-hydrogen) atoms. The Morgan fingerprint density at radius 3 is 1.25 bits per heavy atom. The molecule has 0 heterocycles. The Hall–Kier alpha value is -1.31. The predicted octanol–water partition coefficient (Wildman–Crippen LogP) is 10.3. The standard InChI is InChI=1S/C30H54O2/c1-2-3-4-5-6-7-8-9-10-11-12-13-14-15-16-17-18-19-20-21-22-23-24-25-26-27-28-29-30(31)32/h11-12,14-15,17-18H,2-10,13,16,19-29H2,1H3,(H,31,32). The summed E-state index contributed by atoms with van der Waals surface area (Å²) in [5.41, 5.74) is 0. The minimum Gasteiger partial charge on any atom is -0.481 e. The number of carboxylic acids is 1. The molecule has 0 aliphatic heterocycles. The Balaban J connectivity index is 3.24. The first kappa shape index (κ1) is 30.7. The molecule has 2 nitrogen and oxygen atoms in total. The zero-order valence-electron chi connectivity index (χ0n) is 21.4. The molecule has 0 atom stereocenters. The van der Waals surface area contributed by atoms with Crippen LogP contribution in [-0.4, -0.2) is 11.1 Å². The van der Waals surface area contributed by atoms with Gasteiger partial charge in [0.05, 0.1) is 0 Å². The van der Waals surface area contributed by atoms with E-state index in [1.165, 1.54) is 109 Å². The van der Waals surface area contributed by atoms with E-state index in [0.717, 1.165) is 25.7 Å². The molecule has 0 aliphatic carbocycles. The first-order valence-electron chi connectivity index (χ1n) is 13.9. The second kappa shape index (κ2) is 27.7. The fourth-order valence-corrected chi connectivity index (χ4v) is 3.95. The van der Waals surface area contributed by atoms with Gasteiger partial charge in [0.2, 0.25) is 0 Å². The fraction of sp³-hybridized carbons (Fsp3) is 0.767. The first-order chi connectivity index (χ1) is 15.8. The molecule has 186 valence electrons. The van der Waals surface area contributed by atoms with Crippen LogP contribution in [0.1, 0.15) is 148 Å². The van der Waals surface area contributed by atoms with Gasteiger partial charge >= 0.3 is 5.97 Å². The van der Waals surface area contributed by atoms with Crippen LogP contribution < -0.4 is 0 Å². The Labute approximate surface area is 200 Å². The third-order valence-corrected chi connectivity index (χ3v) is 6.03. The second-order valence-corrected chi connectivity index (χ2v) is 9.26. The Kier molecular flexibility index (Phi) is 26.6. The van der Waals surface area contributed by atoms with Crippen LogP contribution >= 0.6 is 0 Å². The summed E-state index contributed by atoms with van der Waals surface area (Å²) in [5, 5.41) is 8.60. The number of carbonyl (C=O) groups is 1. The van der Waals surface area contributed by atoms with Crippen molar-refractivity contribution in [3.8, 4) is 0 Å². The molecule has 0 aromatic rings. The monoisotopic (exact) mass is 446 g/mol. The lowest BCUT2D eigenvalue weighted by Gasteiger charge is -2.01. The third-order valence-electron chi connectivity index (χ3n) is 6.03. The van der Waals surface area contributed by atoms with Gasteiger partial charge in [0.1, 0.15) is 0 Å². The highest BCUT2D eigenvalue weighted by molar-refractivity contribution is 5.66. The van der Waals surface area contributed by atoms with Gasteiger partial charge in [-0.05, 0) is 44.9 Å². The van der Waals surface area contributed by atoms with Crippen molar-refractivity contribution in [1.82, 2.24) is 0 Å². The van der Waals surface area contributed by atoms with Crippen molar-refractivity contribution >= 4 is 5.97 Å². The Morgan fingerprint density at radius 2 is 0.844 bits per heavy atom. The van der Waals surface area contributed by atoms with Crippen molar-refractivity contribution in [1.29, 1.82) is 0 Å². The van der Waals surface area contributed by atoms with Crippen molar-refractivity contribution in [2.24, 2.45) is 0 Å². The van der Waals surface area contributed by atoms with Gasteiger partial charge in [0.25, 0.3) is 0 Å². The minimum absolute atomic E-state index is 0.333. The summed E-state index contributed by atoms with van der Waals surface area (Å²) in [7, 11) is 0. The SMILES string of the molecule is CCCCCCCCCCC=CCC=CCC=CCCCCCCCCCCCC(=O)O. The van der Waals surface area contributed by atoms with E-state index in [9.17, 15) is 4.79 Å². The number of unbranched alkanes of at least 4 members (excludes halogenated alkanes) is 17. The minimum atomic E-state index is -0.660. The third kappa shape index (κ3) is 28.7. The molecule has 0 radical (unpaired) electrons. The van der Waals surface area contributed by atoms with Gasteiger partial charge in [0, 0.05) is 6.42 Å². The lowest BCUT2D eigenvalue weighted by atomic mass is 10.1. The molecule has 0 unspecified atom stereocenters. The zero-order chi connectivity index (χ0) is 23.4. The van der Waals surface area contributed by atoms with Gasteiger partial charge in [0.15, 0.2) is 0 Å². The van der Waals surface area contributed by atoms with Gasteiger partial charge in [-0.1, -0.05) is 133 Å². The maximum absolute atomic E-state index is 10.4. The van der Waals surface area contributed by atoms with Gasteiger partial charge in [-0.15, -0.1) is 0 Å². The highest BCUT2D eigenvalue weighted by Gasteiger charge is 1.96. The van der Waals surface area contributed by atoms with Gasteiger partial charge in [-0.25, -0.2) is 0 Å². The van der Waals surface area contributed by atoms with Crippen LogP contribution in [0.25, 0.3) is 0 Å². The topological polar surface area (TPSA) is 37.3 Å². The van der Waals surface area contributed by atoms with Gasteiger partial charge < -0.3 is 5.11 Å². The number of hydrogen-bond acceptors (Lipinski definition) is 1. The molecule has 1 N–H and O–H groups in total. The first-order valence-corrected chi connectivity index (χ1v) is 13.9. The molecule has 0 saturated carbocycles. The number of hydrogen-bond donors (Lipinski definition) is 1. The van der Waals surface area contributed by atoms with Crippen molar-refractivity contribution < 1.29 is 9.90 Å². The molecule has 0 rings (SSSR count). The fourth-order valence-electron chi connectivity index (χ4n) is 3.95. The highest BCUT2D eigenvalue weighted by atomic mass is 16.4. The van der Waals surface area contributed by atoms with E-state index in [-0.39, 0.29) is 0 Å². The summed E-state index contributed by atoms with van der Waals surface area (Å²) in [6.45, 7) is 2.28. The average Bonchev–Trinajstić information content (AvgIpc) is 2.78. The van der Waals surface area contributed by atoms with E-state index in [2.05, 4.69) is 43.4 Å². The van der Waals surface area contributed by atoms with Crippen LogP contribution in [0.2, 0.25) is 0 Å².